The van der Waals surface area contributed by atoms with Crippen molar-refractivity contribution in [3.63, 3.8) is 0 Å². The zero-order chi connectivity index (χ0) is 24.5. The number of amides is 2. The van der Waals surface area contributed by atoms with Crippen molar-refractivity contribution < 1.29 is 23.9 Å². The number of rotatable bonds is 3. The molecule has 6 rings (SSSR count). The lowest BCUT2D eigenvalue weighted by Crippen LogP contribution is -2.50. The first-order valence-corrected chi connectivity index (χ1v) is 11.7. The van der Waals surface area contributed by atoms with Gasteiger partial charge < -0.3 is 4.74 Å². The predicted octanol–water partition coefficient (Wildman–Crippen LogP) is 4.34. The van der Waals surface area contributed by atoms with E-state index in [0.717, 1.165) is 16.0 Å². The van der Waals surface area contributed by atoms with E-state index in [4.69, 9.17) is 16.3 Å². The van der Waals surface area contributed by atoms with Crippen LogP contribution in [0.15, 0.2) is 72.8 Å². The van der Waals surface area contributed by atoms with Crippen LogP contribution in [0.2, 0.25) is 5.02 Å². The third-order valence-electron chi connectivity index (χ3n) is 7.27. The van der Waals surface area contributed by atoms with Crippen LogP contribution >= 0.6 is 11.6 Å². The summed E-state index contributed by atoms with van der Waals surface area (Å²) in [7, 11) is 0. The number of hydrogen-bond donors (Lipinski definition) is 0. The van der Waals surface area contributed by atoms with Gasteiger partial charge in [0.15, 0.2) is 0 Å². The van der Waals surface area contributed by atoms with E-state index in [-0.39, 0.29) is 17.7 Å². The minimum Gasteiger partial charge on any atom is -0.349 e. The maximum atomic E-state index is 13.8. The molecule has 2 fully saturated rings. The number of carbonyl (C=O) groups excluding carboxylic acids is 4. The number of benzene rings is 3. The fourth-order valence-corrected chi connectivity index (χ4v) is 5.69. The molecule has 3 atom stereocenters. The Morgan fingerprint density at radius 2 is 1.43 bits per heavy atom. The van der Waals surface area contributed by atoms with Crippen LogP contribution in [0.3, 0.4) is 0 Å². The van der Waals surface area contributed by atoms with E-state index < -0.39 is 46.9 Å². The summed E-state index contributed by atoms with van der Waals surface area (Å²) in [5.74, 6) is -4.39. The third kappa shape index (κ3) is 3.00. The van der Waals surface area contributed by atoms with E-state index in [9.17, 15) is 19.2 Å². The summed E-state index contributed by atoms with van der Waals surface area (Å²) >= 11 is 6.06. The number of ether oxygens (including phenoxy) is 1. The molecular formula is C28H20ClNO5. The second kappa shape index (κ2) is 7.70. The van der Waals surface area contributed by atoms with Crippen LogP contribution in [0.4, 0.5) is 0 Å². The molecule has 2 saturated heterocycles. The Hall–Kier alpha value is -3.61. The van der Waals surface area contributed by atoms with Crippen LogP contribution in [0.1, 0.15) is 43.5 Å². The molecule has 174 valence electrons. The Morgan fingerprint density at radius 1 is 0.829 bits per heavy atom. The summed E-state index contributed by atoms with van der Waals surface area (Å²) in [6, 6.07) is 20.7. The van der Waals surface area contributed by atoms with Crippen molar-refractivity contribution in [2.24, 2.45) is 11.8 Å². The summed E-state index contributed by atoms with van der Waals surface area (Å²) in [6.07, 6.45) is -0.945. The first-order chi connectivity index (χ1) is 16.8. The van der Waals surface area contributed by atoms with Crippen molar-refractivity contribution in [2.45, 2.75) is 25.2 Å². The zero-order valence-corrected chi connectivity index (χ0v) is 19.5. The van der Waals surface area contributed by atoms with E-state index in [1.54, 1.807) is 48.5 Å². The quantitative estimate of drug-likeness (QED) is 0.407. The van der Waals surface area contributed by atoms with E-state index in [0.29, 0.717) is 10.6 Å². The molecule has 0 radical (unpaired) electrons. The minimum atomic E-state index is -2.06. The van der Waals surface area contributed by atoms with Crippen molar-refractivity contribution >= 4 is 35.0 Å². The first-order valence-electron chi connectivity index (χ1n) is 11.4. The monoisotopic (exact) mass is 485 g/mol. The lowest BCUT2D eigenvalue weighted by atomic mass is 9.77. The highest BCUT2D eigenvalue weighted by molar-refractivity contribution is 6.35. The van der Waals surface area contributed by atoms with Crippen LogP contribution in [0.25, 0.3) is 0 Å². The molecule has 3 aromatic carbocycles. The maximum Gasteiger partial charge on any atom is 0.237 e. The van der Waals surface area contributed by atoms with Crippen LogP contribution in [0, 0.1) is 18.8 Å². The number of nitrogens with zero attached hydrogens (tertiary/aromatic N) is 1. The van der Waals surface area contributed by atoms with Gasteiger partial charge in [-0.2, -0.15) is 0 Å². The molecular weight excluding hydrogens is 466 g/mol. The Bertz CT molecular complexity index is 1380. The average Bonchev–Trinajstić information content (AvgIpc) is 3.42. The van der Waals surface area contributed by atoms with E-state index in [1.165, 1.54) is 0 Å². The van der Waals surface area contributed by atoms with E-state index in [2.05, 4.69) is 0 Å². The molecule has 0 saturated carbocycles. The number of ketones is 2. The topological polar surface area (TPSA) is 80.8 Å². The molecule has 3 aromatic rings. The number of fused-ring (bicyclic) bond motifs is 3. The molecule has 1 spiro atoms. The number of halogens is 1. The molecule has 2 heterocycles. The Morgan fingerprint density at radius 3 is 2.03 bits per heavy atom. The summed E-state index contributed by atoms with van der Waals surface area (Å²) < 4.78 is 6.25. The van der Waals surface area contributed by atoms with Crippen molar-refractivity contribution in [3.8, 4) is 0 Å². The molecule has 0 aromatic heterocycles. The average molecular weight is 486 g/mol. The Kier molecular flexibility index (Phi) is 4.82. The molecule has 3 unspecified atom stereocenters. The summed E-state index contributed by atoms with van der Waals surface area (Å²) in [5, 5.41) is 0.494. The third-order valence-corrected chi connectivity index (χ3v) is 7.52. The highest BCUT2D eigenvalue weighted by Gasteiger charge is 2.74. The summed E-state index contributed by atoms with van der Waals surface area (Å²) in [6.45, 7) is 2.01. The Balaban J connectivity index is 1.48. The van der Waals surface area contributed by atoms with Crippen molar-refractivity contribution in [1.82, 2.24) is 4.90 Å². The smallest absolute Gasteiger partial charge is 0.237 e. The van der Waals surface area contributed by atoms with Crippen LogP contribution in [-0.2, 0) is 20.9 Å². The van der Waals surface area contributed by atoms with Gasteiger partial charge in [-0.25, -0.2) is 0 Å². The molecule has 7 heteroatoms. The summed E-state index contributed by atoms with van der Waals surface area (Å²) in [5.41, 5.74) is 0.780. The van der Waals surface area contributed by atoms with Gasteiger partial charge in [0.2, 0.25) is 29.0 Å². The highest BCUT2D eigenvalue weighted by Crippen LogP contribution is 2.57. The number of likely N-dealkylation sites (tertiary alicyclic amines) is 1. The number of imide groups is 1. The molecule has 2 amide bonds. The van der Waals surface area contributed by atoms with Gasteiger partial charge in [0.25, 0.3) is 0 Å². The van der Waals surface area contributed by atoms with Crippen molar-refractivity contribution in [3.05, 3.63) is 106 Å². The van der Waals surface area contributed by atoms with Crippen molar-refractivity contribution in [1.29, 1.82) is 0 Å². The first kappa shape index (κ1) is 21.9. The predicted molar refractivity (Wildman–Crippen MR) is 127 cm³/mol. The highest BCUT2D eigenvalue weighted by atomic mass is 35.5. The molecule has 3 aliphatic rings. The second-order valence-corrected chi connectivity index (χ2v) is 9.72. The van der Waals surface area contributed by atoms with Gasteiger partial charge in [-0.15, -0.1) is 0 Å². The molecule has 35 heavy (non-hydrogen) atoms. The lowest BCUT2D eigenvalue weighted by Gasteiger charge is -2.27. The number of hydrogen-bond acceptors (Lipinski definition) is 5. The van der Waals surface area contributed by atoms with Gasteiger partial charge in [0.05, 0.1) is 24.5 Å². The van der Waals surface area contributed by atoms with Gasteiger partial charge >= 0.3 is 0 Å². The van der Waals surface area contributed by atoms with Gasteiger partial charge in [0, 0.05) is 16.1 Å². The SMILES string of the molecule is Cc1ccc(CN2C(=O)C3C(c4ccc(Cl)cc4)OC4(C(=O)c5ccccc5C4=O)C3C2=O)cc1. The number of aryl methyl sites for hydroxylation is 1. The lowest BCUT2D eigenvalue weighted by molar-refractivity contribution is -0.145. The molecule has 0 N–H and O–H groups in total. The molecule has 6 nitrogen and oxygen atoms in total. The number of carbonyl (C=O) groups is 4. The van der Waals surface area contributed by atoms with Gasteiger partial charge in [-0.3, -0.25) is 24.1 Å². The van der Waals surface area contributed by atoms with Crippen LogP contribution in [-0.4, -0.2) is 33.9 Å². The second-order valence-electron chi connectivity index (χ2n) is 9.28. The standard InChI is InChI=1S/C28H20ClNO5/c1-15-6-8-16(9-7-15)14-30-26(33)21-22(27(30)34)28(35-23(21)17-10-12-18(29)13-11-17)24(31)19-4-2-3-5-20(19)25(28)32/h2-13,21-23H,14H2,1H3. The molecule has 1 aliphatic carbocycles. The van der Waals surface area contributed by atoms with Crippen molar-refractivity contribution in [2.75, 3.05) is 0 Å². The Labute approximate surface area is 206 Å². The fraction of sp³-hybridized carbons (Fsp3) is 0.214. The molecule has 0 bridgehead atoms. The van der Waals surface area contributed by atoms with E-state index >= 15 is 0 Å². The minimum absolute atomic E-state index is 0.0592. The normalized spacial score (nSPS) is 24.4. The van der Waals surface area contributed by atoms with Gasteiger partial charge in [-0.1, -0.05) is 77.8 Å². The maximum absolute atomic E-state index is 13.8. The zero-order valence-electron chi connectivity index (χ0n) is 18.7. The van der Waals surface area contributed by atoms with Crippen LogP contribution in [0.5, 0.6) is 0 Å². The van der Waals surface area contributed by atoms with Gasteiger partial charge in [0.1, 0.15) is 0 Å². The molecule has 2 aliphatic heterocycles. The van der Waals surface area contributed by atoms with E-state index in [1.807, 2.05) is 31.2 Å². The summed E-state index contributed by atoms with van der Waals surface area (Å²) in [4.78, 5) is 56.1. The largest absolute Gasteiger partial charge is 0.349 e. The van der Waals surface area contributed by atoms with Gasteiger partial charge in [-0.05, 0) is 30.2 Å². The van der Waals surface area contributed by atoms with Crippen LogP contribution < -0.4 is 0 Å². The fourth-order valence-electron chi connectivity index (χ4n) is 5.56. The number of Topliss-reactive ketones (excluding diaryl/α,β-unsaturated/α-hetero) is 2.